The predicted octanol–water partition coefficient (Wildman–Crippen LogP) is 2.22. The van der Waals surface area contributed by atoms with Gasteiger partial charge in [-0.15, -0.1) is 0 Å². The Bertz CT molecular complexity index is 993. The van der Waals surface area contributed by atoms with Crippen LogP contribution in [0.25, 0.3) is 11.0 Å². The third kappa shape index (κ3) is 3.14. The van der Waals surface area contributed by atoms with E-state index < -0.39 is 5.97 Å². The van der Waals surface area contributed by atoms with Gasteiger partial charge in [0.2, 0.25) is 5.95 Å². The Morgan fingerprint density at radius 3 is 2.74 bits per heavy atom. The first-order valence-electron chi connectivity index (χ1n) is 8.82. The maximum atomic E-state index is 12.5. The molecule has 0 spiro atoms. The third-order valence-corrected chi connectivity index (χ3v) is 4.90. The van der Waals surface area contributed by atoms with Crippen molar-refractivity contribution in [1.29, 1.82) is 0 Å². The van der Waals surface area contributed by atoms with Gasteiger partial charge in [0.05, 0.1) is 22.9 Å². The van der Waals surface area contributed by atoms with Crippen molar-refractivity contribution in [2.75, 3.05) is 31.1 Å². The zero-order valence-electron chi connectivity index (χ0n) is 15.0. The molecule has 1 amide bonds. The Balaban J connectivity index is 1.56. The minimum absolute atomic E-state index is 0.0991. The van der Waals surface area contributed by atoms with E-state index in [1.807, 2.05) is 11.6 Å². The molecule has 1 N–H and O–H groups in total. The molecule has 4 rings (SSSR count). The Morgan fingerprint density at radius 2 is 2.00 bits per heavy atom. The van der Waals surface area contributed by atoms with Gasteiger partial charge in [-0.25, -0.2) is 9.78 Å². The summed E-state index contributed by atoms with van der Waals surface area (Å²) in [6, 6.07) is 8.34. The number of hydrogen-bond acceptors (Lipinski definition) is 5. The average Bonchev–Trinajstić information content (AvgIpc) is 3.23. The number of carboxylic acid groups (broad SMARTS) is 1. The van der Waals surface area contributed by atoms with Gasteiger partial charge >= 0.3 is 5.97 Å². The highest BCUT2D eigenvalue weighted by Gasteiger charge is 2.24. The monoisotopic (exact) mass is 368 g/mol. The smallest absolute Gasteiger partial charge is 0.335 e. The highest BCUT2D eigenvalue weighted by atomic mass is 16.4. The number of amides is 1. The molecule has 8 heteroatoms. The van der Waals surface area contributed by atoms with E-state index >= 15 is 0 Å². The lowest BCUT2D eigenvalue weighted by molar-refractivity contribution is 0.0695. The van der Waals surface area contributed by atoms with Crippen molar-refractivity contribution >= 4 is 28.9 Å². The molecular formula is C19H20N4O4. The number of fused-ring (bicyclic) bond motifs is 1. The summed E-state index contributed by atoms with van der Waals surface area (Å²) >= 11 is 0. The second kappa shape index (κ2) is 6.79. The zero-order valence-corrected chi connectivity index (χ0v) is 15.0. The van der Waals surface area contributed by atoms with Crippen LogP contribution in [0.4, 0.5) is 5.95 Å². The number of anilines is 1. The van der Waals surface area contributed by atoms with Crippen molar-refractivity contribution in [1.82, 2.24) is 14.5 Å². The second-order valence-electron chi connectivity index (χ2n) is 6.59. The molecule has 0 saturated carbocycles. The van der Waals surface area contributed by atoms with E-state index in [2.05, 4.69) is 9.88 Å². The van der Waals surface area contributed by atoms with E-state index in [4.69, 9.17) is 4.42 Å². The molecule has 140 valence electrons. The molecule has 1 aromatic carbocycles. The van der Waals surface area contributed by atoms with Crippen LogP contribution in [0, 0.1) is 0 Å². The lowest BCUT2D eigenvalue weighted by atomic mass is 10.2. The van der Waals surface area contributed by atoms with E-state index in [1.165, 1.54) is 6.26 Å². The normalized spacial score (nSPS) is 15.1. The largest absolute Gasteiger partial charge is 0.478 e. The SMILES string of the molecule is Cn1c(N2CCCN(C(=O)c3ccco3)CC2)nc2cc(C(=O)O)ccc21. The van der Waals surface area contributed by atoms with Crippen LogP contribution in [0.2, 0.25) is 0 Å². The molecule has 3 heterocycles. The van der Waals surface area contributed by atoms with Gasteiger partial charge in [0, 0.05) is 33.2 Å². The number of nitrogens with zero attached hydrogens (tertiary/aromatic N) is 4. The minimum Gasteiger partial charge on any atom is -0.478 e. The Kier molecular flexibility index (Phi) is 4.31. The van der Waals surface area contributed by atoms with Crippen molar-refractivity contribution < 1.29 is 19.1 Å². The number of carboxylic acids is 1. The van der Waals surface area contributed by atoms with Crippen molar-refractivity contribution in [2.45, 2.75) is 6.42 Å². The fraction of sp³-hybridized carbons (Fsp3) is 0.316. The van der Waals surface area contributed by atoms with Gasteiger partial charge in [0.25, 0.3) is 5.91 Å². The van der Waals surface area contributed by atoms with E-state index in [0.717, 1.165) is 24.4 Å². The topological polar surface area (TPSA) is 91.8 Å². The fourth-order valence-corrected chi connectivity index (χ4v) is 3.48. The Morgan fingerprint density at radius 1 is 1.15 bits per heavy atom. The van der Waals surface area contributed by atoms with Crippen molar-refractivity contribution in [2.24, 2.45) is 7.05 Å². The molecule has 8 nitrogen and oxygen atoms in total. The molecule has 3 aromatic rings. The number of furan rings is 1. The van der Waals surface area contributed by atoms with Crippen molar-refractivity contribution in [3.63, 3.8) is 0 Å². The molecule has 2 aromatic heterocycles. The van der Waals surface area contributed by atoms with Gasteiger partial charge in [-0.05, 0) is 36.8 Å². The summed E-state index contributed by atoms with van der Waals surface area (Å²) in [5, 5.41) is 9.18. The molecule has 1 aliphatic heterocycles. The number of hydrogen-bond donors (Lipinski definition) is 1. The van der Waals surface area contributed by atoms with Crippen LogP contribution in [-0.4, -0.2) is 57.6 Å². The quantitative estimate of drug-likeness (QED) is 0.762. The predicted molar refractivity (Wildman–Crippen MR) is 99.1 cm³/mol. The van der Waals surface area contributed by atoms with Crippen LogP contribution in [0.1, 0.15) is 27.3 Å². The van der Waals surface area contributed by atoms with Crippen LogP contribution in [0.5, 0.6) is 0 Å². The first-order chi connectivity index (χ1) is 13.0. The number of rotatable bonds is 3. The van der Waals surface area contributed by atoms with Crippen molar-refractivity contribution in [3.8, 4) is 0 Å². The minimum atomic E-state index is -0.967. The summed E-state index contributed by atoms with van der Waals surface area (Å²) in [5.41, 5.74) is 1.75. The second-order valence-corrected chi connectivity index (χ2v) is 6.59. The van der Waals surface area contributed by atoms with Gasteiger partial charge in [-0.3, -0.25) is 4.79 Å². The molecule has 0 bridgehead atoms. The summed E-state index contributed by atoms with van der Waals surface area (Å²) in [4.78, 5) is 32.3. The number of aromatic carboxylic acids is 1. The van der Waals surface area contributed by atoms with Crippen LogP contribution < -0.4 is 4.90 Å². The fourth-order valence-electron chi connectivity index (χ4n) is 3.48. The highest BCUT2D eigenvalue weighted by Crippen LogP contribution is 2.23. The lowest BCUT2D eigenvalue weighted by Gasteiger charge is -2.22. The number of benzene rings is 1. The maximum Gasteiger partial charge on any atom is 0.335 e. The third-order valence-electron chi connectivity index (χ3n) is 4.90. The molecule has 1 fully saturated rings. The van der Waals surface area contributed by atoms with Gasteiger partial charge in [0.1, 0.15) is 0 Å². The van der Waals surface area contributed by atoms with Gasteiger partial charge < -0.3 is 23.9 Å². The number of carbonyl (C=O) groups excluding carboxylic acids is 1. The van der Waals surface area contributed by atoms with E-state index in [0.29, 0.717) is 30.9 Å². The van der Waals surface area contributed by atoms with Crippen LogP contribution in [0.15, 0.2) is 41.0 Å². The molecule has 0 radical (unpaired) electrons. The summed E-state index contributed by atoms with van der Waals surface area (Å²) in [6.45, 7) is 2.65. The summed E-state index contributed by atoms with van der Waals surface area (Å²) in [6.07, 6.45) is 2.32. The molecule has 0 atom stereocenters. The van der Waals surface area contributed by atoms with Gasteiger partial charge in [0.15, 0.2) is 5.76 Å². The molecular weight excluding hydrogens is 348 g/mol. The molecule has 0 aliphatic carbocycles. The van der Waals surface area contributed by atoms with E-state index in [9.17, 15) is 14.7 Å². The molecule has 1 saturated heterocycles. The molecule has 1 aliphatic rings. The summed E-state index contributed by atoms with van der Waals surface area (Å²) in [7, 11) is 1.92. The van der Waals surface area contributed by atoms with Crippen LogP contribution >= 0.6 is 0 Å². The Labute approximate surface area is 155 Å². The van der Waals surface area contributed by atoms with Crippen molar-refractivity contribution in [3.05, 3.63) is 47.9 Å². The number of aryl methyl sites for hydroxylation is 1. The van der Waals surface area contributed by atoms with Gasteiger partial charge in [-0.2, -0.15) is 0 Å². The maximum absolute atomic E-state index is 12.5. The Hall–Kier alpha value is -3.29. The summed E-state index contributed by atoms with van der Waals surface area (Å²) in [5.74, 6) is 0.0659. The van der Waals surface area contributed by atoms with Crippen LogP contribution in [0.3, 0.4) is 0 Å². The van der Waals surface area contributed by atoms with E-state index in [1.54, 1.807) is 35.2 Å². The number of imidazole rings is 1. The highest BCUT2D eigenvalue weighted by molar-refractivity contribution is 5.93. The first-order valence-corrected chi connectivity index (χ1v) is 8.82. The number of carbonyl (C=O) groups is 2. The average molecular weight is 368 g/mol. The number of aromatic nitrogens is 2. The summed E-state index contributed by atoms with van der Waals surface area (Å²) < 4.78 is 7.18. The standard InChI is InChI=1S/C19H20N4O4/c1-21-15-6-5-13(18(25)26)12-14(15)20-19(21)23-8-3-7-22(9-10-23)17(24)16-4-2-11-27-16/h2,4-6,11-12H,3,7-10H2,1H3,(H,25,26). The van der Waals surface area contributed by atoms with Gasteiger partial charge in [-0.1, -0.05) is 0 Å². The lowest BCUT2D eigenvalue weighted by Crippen LogP contribution is -2.35. The zero-order chi connectivity index (χ0) is 19.0. The molecule has 0 unspecified atom stereocenters. The first kappa shape index (κ1) is 17.1. The molecule has 27 heavy (non-hydrogen) atoms. The van der Waals surface area contributed by atoms with Crippen LogP contribution in [-0.2, 0) is 7.05 Å². The van der Waals surface area contributed by atoms with E-state index in [-0.39, 0.29) is 11.5 Å².